The van der Waals surface area contributed by atoms with E-state index in [1.807, 2.05) is 19.9 Å². The molecule has 1 aromatic carbocycles. The molecule has 1 heterocycles. The van der Waals surface area contributed by atoms with Crippen LogP contribution in [0.1, 0.15) is 47.7 Å². The lowest BCUT2D eigenvalue weighted by molar-refractivity contribution is 0.0642. The van der Waals surface area contributed by atoms with Gasteiger partial charge in [-0.15, -0.1) is 12.4 Å². The molecule has 1 fully saturated rings. The second-order valence-corrected chi connectivity index (χ2v) is 5.80. The topological polar surface area (TPSA) is 32.3 Å². The van der Waals surface area contributed by atoms with Gasteiger partial charge in [-0.05, 0) is 57.8 Å². The number of carbonyl (C=O) groups excluding carboxylic acids is 1. The maximum absolute atomic E-state index is 12.9. The summed E-state index contributed by atoms with van der Waals surface area (Å²) in [4.78, 5) is 15.0. The van der Waals surface area contributed by atoms with Gasteiger partial charge in [0.1, 0.15) is 0 Å². The molecule has 1 saturated heterocycles. The molecular formula is C17H27ClN2O. The van der Waals surface area contributed by atoms with E-state index in [4.69, 9.17) is 0 Å². The van der Waals surface area contributed by atoms with Crippen molar-refractivity contribution in [1.82, 2.24) is 10.2 Å². The first-order valence-electron chi connectivity index (χ1n) is 7.72. The summed E-state index contributed by atoms with van der Waals surface area (Å²) in [5, 5.41) is 3.37. The summed E-state index contributed by atoms with van der Waals surface area (Å²) < 4.78 is 0. The van der Waals surface area contributed by atoms with E-state index in [9.17, 15) is 4.79 Å². The number of hydrogen-bond donors (Lipinski definition) is 1. The Morgan fingerprint density at radius 3 is 2.57 bits per heavy atom. The fourth-order valence-corrected chi connectivity index (χ4v) is 2.93. The number of benzene rings is 1. The Morgan fingerprint density at radius 2 is 1.95 bits per heavy atom. The summed E-state index contributed by atoms with van der Waals surface area (Å²) in [6.45, 7) is 9.11. The molecule has 0 atom stereocenters. The van der Waals surface area contributed by atoms with Gasteiger partial charge in [0, 0.05) is 18.2 Å². The summed E-state index contributed by atoms with van der Waals surface area (Å²) in [6.07, 6.45) is 3.15. The molecule has 1 amide bonds. The van der Waals surface area contributed by atoms with Gasteiger partial charge in [-0.1, -0.05) is 24.6 Å². The van der Waals surface area contributed by atoms with Crippen LogP contribution in [0.25, 0.3) is 0 Å². The normalized spacial score (nSPS) is 15.4. The van der Waals surface area contributed by atoms with Gasteiger partial charge in [0.15, 0.2) is 0 Å². The standard InChI is InChI=1S/C17H26N2O.ClH/c1-4-11-19(15-7-9-18-10-8-15)17(20)16-12-13(2)5-6-14(16)3;/h5-6,12,15,18H,4,7-11H2,1-3H3;1H. The van der Waals surface area contributed by atoms with E-state index in [-0.39, 0.29) is 18.3 Å². The van der Waals surface area contributed by atoms with Gasteiger partial charge in [0.05, 0.1) is 0 Å². The minimum absolute atomic E-state index is 0. The van der Waals surface area contributed by atoms with Crippen molar-refractivity contribution in [2.45, 2.75) is 46.1 Å². The molecule has 118 valence electrons. The van der Waals surface area contributed by atoms with Crippen molar-refractivity contribution in [2.24, 2.45) is 0 Å². The van der Waals surface area contributed by atoms with Gasteiger partial charge < -0.3 is 10.2 Å². The molecular weight excluding hydrogens is 284 g/mol. The highest BCUT2D eigenvalue weighted by atomic mass is 35.5. The Balaban J connectivity index is 0.00000220. The number of nitrogens with zero attached hydrogens (tertiary/aromatic N) is 1. The van der Waals surface area contributed by atoms with Crippen LogP contribution >= 0.6 is 12.4 Å². The zero-order valence-corrected chi connectivity index (χ0v) is 14.1. The quantitative estimate of drug-likeness (QED) is 0.925. The number of nitrogens with one attached hydrogen (secondary N) is 1. The Kier molecular flexibility index (Phi) is 7.20. The van der Waals surface area contributed by atoms with Crippen LogP contribution in [0, 0.1) is 13.8 Å². The van der Waals surface area contributed by atoms with E-state index in [0.717, 1.165) is 55.6 Å². The molecule has 0 aromatic heterocycles. The van der Waals surface area contributed by atoms with Crippen molar-refractivity contribution in [3.05, 3.63) is 34.9 Å². The SMILES string of the molecule is CCCN(C(=O)c1cc(C)ccc1C)C1CCNCC1.Cl. The first-order chi connectivity index (χ1) is 9.63. The predicted molar refractivity (Wildman–Crippen MR) is 90.4 cm³/mol. The Hall–Kier alpha value is -1.06. The minimum Gasteiger partial charge on any atom is -0.336 e. The first-order valence-corrected chi connectivity index (χ1v) is 7.72. The van der Waals surface area contributed by atoms with Crippen molar-refractivity contribution >= 4 is 18.3 Å². The summed E-state index contributed by atoms with van der Waals surface area (Å²) in [6, 6.07) is 6.54. The first kappa shape index (κ1) is 18.0. The minimum atomic E-state index is 0. The molecule has 0 unspecified atom stereocenters. The van der Waals surface area contributed by atoms with Gasteiger partial charge in [-0.25, -0.2) is 0 Å². The summed E-state index contributed by atoms with van der Waals surface area (Å²) in [5.41, 5.74) is 3.10. The highest BCUT2D eigenvalue weighted by Crippen LogP contribution is 2.19. The van der Waals surface area contributed by atoms with Crippen LogP contribution in [0.15, 0.2) is 18.2 Å². The molecule has 21 heavy (non-hydrogen) atoms. The van der Waals surface area contributed by atoms with Crippen LogP contribution in [0.2, 0.25) is 0 Å². The number of aryl methyl sites for hydroxylation is 2. The molecule has 1 aliphatic heterocycles. The van der Waals surface area contributed by atoms with Crippen LogP contribution in [0.3, 0.4) is 0 Å². The van der Waals surface area contributed by atoms with Crippen molar-refractivity contribution in [3.8, 4) is 0 Å². The summed E-state index contributed by atoms with van der Waals surface area (Å²) in [5.74, 6) is 0.208. The van der Waals surface area contributed by atoms with Crippen molar-refractivity contribution in [1.29, 1.82) is 0 Å². The second-order valence-electron chi connectivity index (χ2n) is 5.80. The number of amides is 1. The lowest BCUT2D eigenvalue weighted by Gasteiger charge is -2.35. The van der Waals surface area contributed by atoms with Crippen molar-refractivity contribution in [3.63, 3.8) is 0 Å². The molecule has 1 aromatic rings. The smallest absolute Gasteiger partial charge is 0.254 e. The fourth-order valence-electron chi connectivity index (χ4n) is 2.93. The van der Waals surface area contributed by atoms with Crippen LogP contribution in [-0.2, 0) is 0 Å². The molecule has 1 aliphatic rings. The third-order valence-electron chi connectivity index (χ3n) is 4.10. The average molecular weight is 311 g/mol. The molecule has 0 bridgehead atoms. The monoisotopic (exact) mass is 310 g/mol. The summed E-state index contributed by atoms with van der Waals surface area (Å²) in [7, 11) is 0. The zero-order chi connectivity index (χ0) is 14.5. The van der Waals surface area contributed by atoms with Crippen molar-refractivity contribution in [2.75, 3.05) is 19.6 Å². The van der Waals surface area contributed by atoms with E-state index >= 15 is 0 Å². The fraction of sp³-hybridized carbons (Fsp3) is 0.588. The number of hydrogen-bond acceptors (Lipinski definition) is 2. The van der Waals surface area contributed by atoms with Crippen LogP contribution < -0.4 is 5.32 Å². The Bertz CT molecular complexity index is 470. The molecule has 0 radical (unpaired) electrons. The van der Waals surface area contributed by atoms with Gasteiger partial charge in [0.2, 0.25) is 0 Å². The molecule has 4 heteroatoms. The van der Waals surface area contributed by atoms with Crippen LogP contribution in [0.4, 0.5) is 0 Å². The van der Waals surface area contributed by atoms with Gasteiger partial charge in [0.25, 0.3) is 5.91 Å². The Morgan fingerprint density at radius 1 is 1.29 bits per heavy atom. The van der Waals surface area contributed by atoms with Crippen molar-refractivity contribution < 1.29 is 4.79 Å². The summed E-state index contributed by atoms with van der Waals surface area (Å²) >= 11 is 0. The van der Waals surface area contributed by atoms with E-state index in [2.05, 4.69) is 29.3 Å². The van der Waals surface area contributed by atoms with E-state index < -0.39 is 0 Å². The maximum Gasteiger partial charge on any atom is 0.254 e. The third kappa shape index (κ3) is 4.45. The number of halogens is 1. The van der Waals surface area contributed by atoms with Gasteiger partial charge >= 0.3 is 0 Å². The zero-order valence-electron chi connectivity index (χ0n) is 13.3. The van der Waals surface area contributed by atoms with Crippen LogP contribution in [-0.4, -0.2) is 36.5 Å². The molecule has 3 nitrogen and oxygen atoms in total. The van der Waals surface area contributed by atoms with E-state index in [0.29, 0.717) is 6.04 Å². The molecule has 2 rings (SSSR count). The molecule has 0 spiro atoms. The largest absolute Gasteiger partial charge is 0.336 e. The lowest BCUT2D eigenvalue weighted by Crippen LogP contribution is -2.46. The molecule has 0 aliphatic carbocycles. The second kappa shape index (κ2) is 8.40. The van der Waals surface area contributed by atoms with Gasteiger partial charge in [-0.2, -0.15) is 0 Å². The Labute approximate surface area is 134 Å². The number of carbonyl (C=O) groups is 1. The third-order valence-corrected chi connectivity index (χ3v) is 4.10. The highest BCUT2D eigenvalue weighted by Gasteiger charge is 2.26. The van der Waals surface area contributed by atoms with Crippen LogP contribution in [0.5, 0.6) is 0 Å². The van der Waals surface area contributed by atoms with E-state index in [1.54, 1.807) is 0 Å². The highest BCUT2D eigenvalue weighted by molar-refractivity contribution is 5.96. The number of rotatable bonds is 4. The number of piperidine rings is 1. The molecule has 1 N–H and O–H groups in total. The van der Waals surface area contributed by atoms with E-state index in [1.165, 1.54) is 0 Å². The predicted octanol–water partition coefficient (Wildman–Crippen LogP) is 3.33. The molecule has 0 saturated carbocycles. The lowest BCUT2D eigenvalue weighted by atomic mass is 10.00. The maximum atomic E-state index is 12.9. The van der Waals surface area contributed by atoms with Gasteiger partial charge in [-0.3, -0.25) is 4.79 Å². The average Bonchev–Trinajstić information content (AvgIpc) is 2.47.